The van der Waals surface area contributed by atoms with Gasteiger partial charge >= 0.3 is 6.03 Å². The molecule has 0 aliphatic carbocycles. The van der Waals surface area contributed by atoms with Gasteiger partial charge in [-0.05, 0) is 54.0 Å². The van der Waals surface area contributed by atoms with Gasteiger partial charge in [-0.2, -0.15) is 0 Å². The van der Waals surface area contributed by atoms with Crippen molar-refractivity contribution in [3.63, 3.8) is 0 Å². The zero-order chi connectivity index (χ0) is 16.8. The van der Waals surface area contributed by atoms with Crippen LogP contribution in [-0.4, -0.2) is 23.8 Å². The van der Waals surface area contributed by atoms with Gasteiger partial charge in [0.05, 0.1) is 6.10 Å². The van der Waals surface area contributed by atoms with Gasteiger partial charge in [0, 0.05) is 17.1 Å². The molecule has 0 aliphatic rings. The zero-order valence-electron chi connectivity index (χ0n) is 13.8. The first kappa shape index (κ1) is 17.5. The molecule has 0 saturated heterocycles. The predicted octanol–water partition coefficient (Wildman–Crippen LogP) is 4.25. The van der Waals surface area contributed by atoms with Crippen LogP contribution in [0.5, 0.6) is 0 Å². The van der Waals surface area contributed by atoms with E-state index < -0.39 is 6.10 Å². The average molecular weight is 332 g/mol. The van der Waals surface area contributed by atoms with Gasteiger partial charge in [0.15, 0.2) is 0 Å². The number of carbonyl (C=O) groups is 1. The highest BCUT2D eigenvalue weighted by Crippen LogP contribution is 2.30. The maximum atomic E-state index is 11.9. The Morgan fingerprint density at radius 2 is 2.09 bits per heavy atom. The first-order chi connectivity index (χ1) is 11.0. The Hall–Kier alpha value is -1.85. The van der Waals surface area contributed by atoms with Gasteiger partial charge in [0.1, 0.15) is 0 Å². The molecule has 5 heteroatoms. The Labute approximate surface area is 141 Å². The van der Waals surface area contributed by atoms with E-state index in [2.05, 4.69) is 29.0 Å². The molecule has 0 radical (unpaired) electrons. The quantitative estimate of drug-likeness (QED) is 0.740. The van der Waals surface area contributed by atoms with Gasteiger partial charge < -0.3 is 15.7 Å². The Bertz CT molecular complexity index is 652. The Balaban J connectivity index is 1.93. The third-order valence-electron chi connectivity index (χ3n) is 3.49. The maximum absolute atomic E-state index is 11.9. The van der Waals surface area contributed by atoms with E-state index in [1.54, 1.807) is 11.3 Å². The van der Waals surface area contributed by atoms with Crippen LogP contribution in [0.4, 0.5) is 10.5 Å². The van der Waals surface area contributed by atoms with E-state index >= 15 is 0 Å². The molecule has 1 aromatic carbocycles. The Morgan fingerprint density at radius 3 is 2.74 bits per heavy atom. The van der Waals surface area contributed by atoms with Gasteiger partial charge in [-0.3, -0.25) is 0 Å². The number of urea groups is 1. The van der Waals surface area contributed by atoms with Crippen LogP contribution in [-0.2, 0) is 0 Å². The summed E-state index contributed by atoms with van der Waals surface area (Å²) in [5.41, 5.74) is 3.06. The number of carbonyl (C=O) groups excluding carboxylic acids is 1. The number of thiophene rings is 1. The summed E-state index contributed by atoms with van der Waals surface area (Å²) in [5.74, 6) is 0.403. The summed E-state index contributed by atoms with van der Waals surface area (Å²) < 4.78 is 0. The van der Waals surface area contributed by atoms with E-state index in [-0.39, 0.29) is 12.6 Å². The number of aliphatic hydroxyl groups excluding tert-OH is 1. The highest BCUT2D eigenvalue weighted by atomic mass is 32.1. The van der Waals surface area contributed by atoms with Crippen LogP contribution >= 0.6 is 11.3 Å². The van der Waals surface area contributed by atoms with Gasteiger partial charge in [0.2, 0.25) is 0 Å². The predicted molar refractivity (Wildman–Crippen MR) is 97.0 cm³/mol. The first-order valence-corrected chi connectivity index (χ1v) is 8.71. The van der Waals surface area contributed by atoms with Crippen molar-refractivity contribution in [3.05, 3.63) is 41.3 Å². The number of aliphatic hydroxyl groups is 1. The van der Waals surface area contributed by atoms with E-state index in [1.807, 2.05) is 38.1 Å². The number of nitrogens with one attached hydrogen (secondary N) is 2. The van der Waals surface area contributed by atoms with Crippen LogP contribution in [0.1, 0.15) is 25.8 Å². The largest absolute Gasteiger partial charge is 0.391 e. The highest BCUT2D eigenvalue weighted by molar-refractivity contribution is 7.13. The summed E-state index contributed by atoms with van der Waals surface area (Å²) in [6, 6.07) is 9.57. The molecule has 4 nitrogen and oxygen atoms in total. The molecule has 1 heterocycles. The fraction of sp³-hybridized carbons (Fsp3) is 0.389. The van der Waals surface area contributed by atoms with Crippen molar-refractivity contribution in [1.29, 1.82) is 0 Å². The number of aryl methyl sites for hydroxylation is 1. The number of hydrogen-bond donors (Lipinski definition) is 3. The second-order valence-corrected chi connectivity index (χ2v) is 7.05. The molecular weight excluding hydrogens is 308 g/mol. The second kappa shape index (κ2) is 8.13. The molecule has 0 saturated carbocycles. The molecule has 1 unspecified atom stereocenters. The van der Waals surface area contributed by atoms with Crippen LogP contribution in [0.15, 0.2) is 35.7 Å². The van der Waals surface area contributed by atoms with Crippen molar-refractivity contribution < 1.29 is 9.90 Å². The summed E-state index contributed by atoms with van der Waals surface area (Å²) in [5, 5.41) is 17.4. The highest BCUT2D eigenvalue weighted by Gasteiger charge is 2.10. The molecule has 1 aromatic heterocycles. The lowest BCUT2D eigenvalue weighted by atomic mass is 10.1. The molecule has 0 aliphatic heterocycles. The monoisotopic (exact) mass is 332 g/mol. The average Bonchev–Trinajstić information content (AvgIpc) is 2.91. The lowest BCUT2D eigenvalue weighted by molar-refractivity contribution is 0.148. The number of amides is 2. The minimum Gasteiger partial charge on any atom is -0.391 e. The second-order valence-electron chi connectivity index (χ2n) is 6.13. The van der Waals surface area contributed by atoms with Crippen molar-refractivity contribution in [2.75, 3.05) is 11.9 Å². The van der Waals surface area contributed by atoms with Gasteiger partial charge in [-0.1, -0.05) is 26.0 Å². The van der Waals surface area contributed by atoms with Gasteiger partial charge in [0.25, 0.3) is 0 Å². The third kappa shape index (κ3) is 5.37. The van der Waals surface area contributed by atoms with E-state index in [0.717, 1.165) is 11.3 Å². The summed E-state index contributed by atoms with van der Waals surface area (Å²) >= 11 is 1.69. The normalized spacial score (nSPS) is 12.2. The number of hydrogen-bond acceptors (Lipinski definition) is 3. The van der Waals surface area contributed by atoms with Crippen molar-refractivity contribution in [1.82, 2.24) is 5.32 Å². The van der Waals surface area contributed by atoms with Crippen LogP contribution in [0.2, 0.25) is 0 Å². The van der Waals surface area contributed by atoms with E-state index in [1.165, 1.54) is 10.4 Å². The lowest BCUT2D eigenvalue weighted by Gasteiger charge is -2.14. The molecule has 2 rings (SSSR count). The molecule has 0 spiro atoms. The zero-order valence-corrected chi connectivity index (χ0v) is 14.6. The Kier molecular flexibility index (Phi) is 6.19. The van der Waals surface area contributed by atoms with Gasteiger partial charge in [-0.15, -0.1) is 11.3 Å². The molecule has 3 N–H and O–H groups in total. The number of benzene rings is 1. The lowest BCUT2D eigenvalue weighted by Crippen LogP contribution is -2.35. The molecule has 124 valence electrons. The molecule has 23 heavy (non-hydrogen) atoms. The summed E-state index contributed by atoms with van der Waals surface area (Å²) in [4.78, 5) is 13.1. The van der Waals surface area contributed by atoms with E-state index in [9.17, 15) is 9.90 Å². The molecule has 1 atom stereocenters. The maximum Gasteiger partial charge on any atom is 0.319 e. The molecule has 0 bridgehead atoms. The molecular formula is C18H24N2O2S. The van der Waals surface area contributed by atoms with Crippen LogP contribution in [0, 0.1) is 12.8 Å². The summed E-state index contributed by atoms with van der Waals surface area (Å²) in [7, 11) is 0. The van der Waals surface area contributed by atoms with Crippen molar-refractivity contribution >= 4 is 23.1 Å². The van der Waals surface area contributed by atoms with E-state index in [0.29, 0.717) is 12.3 Å². The van der Waals surface area contributed by atoms with Crippen LogP contribution < -0.4 is 10.6 Å². The fourth-order valence-corrected chi connectivity index (χ4v) is 3.35. The number of anilines is 1. The Morgan fingerprint density at radius 1 is 1.30 bits per heavy atom. The third-order valence-corrected chi connectivity index (χ3v) is 4.55. The van der Waals surface area contributed by atoms with Crippen molar-refractivity contribution in [2.45, 2.75) is 33.3 Å². The van der Waals surface area contributed by atoms with Crippen LogP contribution in [0.3, 0.4) is 0 Å². The minimum atomic E-state index is -0.513. The first-order valence-electron chi connectivity index (χ1n) is 7.83. The number of rotatable bonds is 6. The topological polar surface area (TPSA) is 61.4 Å². The molecule has 0 fully saturated rings. The van der Waals surface area contributed by atoms with Crippen molar-refractivity contribution in [2.24, 2.45) is 5.92 Å². The fourth-order valence-electron chi connectivity index (χ4n) is 2.42. The van der Waals surface area contributed by atoms with Crippen LogP contribution in [0.25, 0.3) is 10.4 Å². The molecule has 2 aromatic rings. The minimum absolute atomic E-state index is 0.258. The van der Waals surface area contributed by atoms with Crippen molar-refractivity contribution in [3.8, 4) is 10.4 Å². The summed E-state index contributed by atoms with van der Waals surface area (Å²) in [6.45, 7) is 6.42. The smallest absolute Gasteiger partial charge is 0.319 e. The van der Waals surface area contributed by atoms with Gasteiger partial charge in [-0.25, -0.2) is 4.79 Å². The molecule has 2 amide bonds. The van der Waals surface area contributed by atoms with E-state index in [4.69, 9.17) is 0 Å². The standard InChI is InChI=1S/C18H24N2O2S/c1-12(2)9-16(21)11-19-18(22)20-15-6-4-5-14(10-15)17-13(3)7-8-23-17/h4-8,10,12,16,21H,9,11H2,1-3H3,(H2,19,20,22). The summed E-state index contributed by atoms with van der Waals surface area (Å²) in [6.07, 6.45) is 0.161. The SMILES string of the molecule is Cc1ccsc1-c1cccc(NC(=O)NCC(O)CC(C)C)c1.